The number of hydrogen-bond donors (Lipinski definition) is 2. The third-order valence-corrected chi connectivity index (χ3v) is 5.43. The van der Waals surface area contributed by atoms with Gasteiger partial charge in [0.05, 0.1) is 5.02 Å². The lowest BCUT2D eigenvalue weighted by Crippen LogP contribution is -2.14. The summed E-state index contributed by atoms with van der Waals surface area (Å²) in [6.07, 6.45) is 0. The van der Waals surface area contributed by atoms with Crippen molar-refractivity contribution in [1.82, 2.24) is 0 Å². The molecule has 0 aliphatic heterocycles. The third kappa shape index (κ3) is 3.90. The van der Waals surface area contributed by atoms with Gasteiger partial charge in [0.25, 0.3) is 10.0 Å². The van der Waals surface area contributed by atoms with Gasteiger partial charge in [0.15, 0.2) is 0 Å². The van der Waals surface area contributed by atoms with E-state index in [0.29, 0.717) is 16.3 Å². The van der Waals surface area contributed by atoms with Crippen LogP contribution in [0.3, 0.4) is 0 Å². The highest BCUT2D eigenvalue weighted by atomic mass is 79.9. The Labute approximate surface area is 141 Å². The van der Waals surface area contributed by atoms with E-state index >= 15 is 0 Å². The fourth-order valence-corrected chi connectivity index (χ4v) is 3.86. The van der Waals surface area contributed by atoms with E-state index in [-0.39, 0.29) is 16.5 Å². The zero-order valence-electron chi connectivity index (χ0n) is 10.6. The molecule has 0 heterocycles. The highest BCUT2D eigenvalue weighted by molar-refractivity contribution is 9.10. The minimum atomic E-state index is -3.82. The van der Waals surface area contributed by atoms with Crippen molar-refractivity contribution in [3.8, 4) is 0 Å². The van der Waals surface area contributed by atoms with E-state index in [1.165, 1.54) is 12.1 Å². The molecule has 0 saturated heterocycles. The summed E-state index contributed by atoms with van der Waals surface area (Å²) in [5.41, 5.74) is 6.47. The normalized spacial score (nSPS) is 11.4. The number of benzene rings is 2. The van der Waals surface area contributed by atoms with E-state index in [0.717, 1.165) is 4.47 Å². The van der Waals surface area contributed by atoms with Gasteiger partial charge in [-0.2, -0.15) is 0 Å². The predicted octanol–water partition coefficient (Wildman–Crippen LogP) is 4.02. The van der Waals surface area contributed by atoms with Crippen LogP contribution in [0.25, 0.3) is 0 Å². The molecule has 0 amide bonds. The van der Waals surface area contributed by atoms with Gasteiger partial charge in [0.1, 0.15) is 4.90 Å². The Morgan fingerprint density at radius 2 is 1.71 bits per heavy atom. The highest BCUT2D eigenvalue weighted by Gasteiger charge is 2.20. The first-order chi connectivity index (χ1) is 9.83. The van der Waals surface area contributed by atoms with Gasteiger partial charge in [-0.25, -0.2) is 8.42 Å². The Morgan fingerprint density at radius 1 is 1.10 bits per heavy atom. The van der Waals surface area contributed by atoms with Crippen LogP contribution < -0.4 is 10.5 Å². The molecule has 0 saturated carbocycles. The molecule has 0 aromatic heterocycles. The molecule has 3 N–H and O–H groups in total. The molecule has 2 aromatic rings. The Kier molecular flexibility index (Phi) is 5.16. The Bertz CT molecular complexity index is 764. The maximum absolute atomic E-state index is 12.4. The number of hydrogen-bond acceptors (Lipinski definition) is 3. The van der Waals surface area contributed by atoms with E-state index in [1.807, 2.05) is 0 Å². The molecule has 2 aromatic carbocycles. The van der Waals surface area contributed by atoms with Crippen LogP contribution in [-0.2, 0) is 16.6 Å². The third-order valence-electron chi connectivity index (χ3n) is 2.71. The first-order valence-electron chi connectivity index (χ1n) is 5.80. The fourth-order valence-electron chi connectivity index (χ4n) is 1.66. The van der Waals surface area contributed by atoms with Crippen molar-refractivity contribution in [3.05, 3.63) is 56.5 Å². The molecule has 21 heavy (non-hydrogen) atoms. The van der Waals surface area contributed by atoms with Gasteiger partial charge in [0.2, 0.25) is 0 Å². The number of nitrogens with one attached hydrogen (secondary N) is 1. The minimum Gasteiger partial charge on any atom is -0.326 e. The van der Waals surface area contributed by atoms with Gasteiger partial charge in [-0.15, -0.1) is 0 Å². The van der Waals surface area contributed by atoms with Gasteiger partial charge in [-0.3, -0.25) is 4.72 Å². The van der Waals surface area contributed by atoms with Crippen molar-refractivity contribution in [2.45, 2.75) is 11.4 Å². The number of sulfonamides is 1. The van der Waals surface area contributed by atoms with E-state index < -0.39 is 10.0 Å². The van der Waals surface area contributed by atoms with E-state index in [1.54, 1.807) is 24.3 Å². The number of anilines is 1. The minimum absolute atomic E-state index is 0.0433. The van der Waals surface area contributed by atoms with Crippen LogP contribution in [0.15, 0.2) is 45.8 Å². The monoisotopic (exact) mass is 408 g/mol. The summed E-state index contributed by atoms with van der Waals surface area (Å²) in [6.45, 7) is 0.122. The summed E-state index contributed by atoms with van der Waals surface area (Å²) in [5, 5.41) is 0.381. The Balaban J connectivity index is 2.42. The lowest BCUT2D eigenvalue weighted by atomic mass is 10.2. The predicted molar refractivity (Wildman–Crippen MR) is 89.3 cm³/mol. The van der Waals surface area contributed by atoms with Crippen LogP contribution >= 0.6 is 39.1 Å². The van der Waals surface area contributed by atoms with Crippen molar-refractivity contribution in [1.29, 1.82) is 0 Å². The van der Waals surface area contributed by atoms with Crippen molar-refractivity contribution in [2.75, 3.05) is 4.72 Å². The number of nitrogens with two attached hydrogens (primary N) is 1. The van der Waals surface area contributed by atoms with Gasteiger partial charge >= 0.3 is 0 Å². The van der Waals surface area contributed by atoms with Crippen LogP contribution in [0.1, 0.15) is 5.56 Å². The first kappa shape index (κ1) is 16.6. The van der Waals surface area contributed by atoms with Crippen molar-refractivity contribution in [2.24, 2.45) is 5.73 Å². The number of halogens is 3. The van der Waals surface area contributed by atoms with Crippen molar-refractivity contribution >= 4 is 54.8 Å². The van der Waals surface area contributed by atoms with Crippen LogP contribution in [0.4, 0.5) is 5.69 Å². The second kappa shape index (κ2) is 6.54. The lowest BCUT2D eigenvalue weighted by Gasteiger charge is -2.12. The molecular weight excluding hydrogens is 399 g/mol. The van der Waals surface area contributed by atoms with Crippen LogP contribution in [0, 0.1) is 0 Å². The largest absolute Gasteiger partial charge is 0.326 e. The van der Waals surface area contributed by atoms with E-state index in [9.17, 15) is 8.42 Å². The maximum Gasteiger partial charge on any atom is 0.263 e. The standard InChI is InChI=1S/C13H11BrCl2N2O2S/c14-9-1-3-10(4-2-9)18-21(19,20)13-5-8(7-17)11(15)6-12(13)16/h1-6,18H,7,17H2. The van der Waals surface area contributed by atoms with Gasteiger partial charge in [-0.05, 0) is 42.0 Å². The number of rotatable bonds is 4. The molecule has 8 heteroatoms. The molecule has 2 rings (SSSR count). The molecule has 0 aliphatic rings. The SMILES string of the molecule is NCc1cc(S(=O)(=O)Nc2ccc(Br)cc2)c(Cl)cc1Cl. The molecular formula is C13H11BrCl2N2O2S. The van der Waals surface area contributed by atoms with Crippen LogP contribution in [0.2, 0.25) is 10.0 Å². The van der Waals surface area contributed by atoms with Gasteiger partial charge in [0, 0.05) is 21.7 Å². The second-order valence-corrected chi connectivity index (χ2v) is 7.57. The summed E-state index contributed by atoms with van der Waals surface area (Å²) in [6, 6.07) is 9.48. The van der Waals surface area contributed by atoms with Crippen LogP contribution in [0.5, 0.6) is 0 Å². The molecule has 0 unspecified atom stereocenters. The van der Waals surface area contributed by atoms with Crippen molar-refractivity contribution in [3.63, 3.8) is 0 Å². The lowest BCUT2D eigenvalue weighted by molar-refractivity contribution is 0.601. The average Bonchev–Trinajstić information content (AvgIpc) is 2.41. The van der Waals surface area contributed by atoms with Crippen LogP contribution in [-0.4, -0.2) is 8.42 Å². The molecule has 4 nitrogen and oxygen atoms in total. The molecule has 112 valence electrons. The van der Waals surface area contributed by atoms with Crippen molar-refractivity contribution < 1.29 is 8.42 Å². The highest BCUT2D eigenvalue weighted by Crippen LogP contribution is 2.30. The maximum atomic E-state index is 12.4. The first-order valence-corrected chi connectivity index (χ1v) is 8.83. The molecule has 0 atom stereocenters. The Hall–Kier alpha value is -0.790. The summed E-state index contributed by atoms with van der Waals surface area (Å²) in [7, 11) is -3.82. The van der Waals surface area contributed by atoms with Gasteiger partial charge in [-0.1, -0.05) is 39.1 Å². The summed E-state index contributed by atoms with van der Waals surface area (Å²) in [4.78, 5) is -0.0584. The molecule has 0 aliphatic carbocycles. The van der Waals surface area contributed by atoms with E-state index in [4.69, 9.17) is 28.9 Å². The molecule has 0 bridgehead atoms. The summed E-state index contributed by atoms with van der Waals surface area (Å²) >= 11 is 15.2. The van der Waals surface area contributed by atoms with E-state index in [2.05, 4.69) is 20.7 Å². The second-order valence-electron chi connectivity index (χ2n) is 4.19. The smallest absolute Gasteiger partial charge is 0.263 e. The molecule has 0 spiro atoms. The topological polar surface area (TPSA) is 72.2 Å². The molecule has 0 radical (unpaired) electrons. The fraction of sp³-hybridized carbons (Fsp3) is 0.0769. The summed E-state index contributed by atoms with van der Waals surface area (Å²) in [5.74, 6) is 0. The zero-order valence-corrected chi connectivity index (χ0v) is 14.5. The zero-order chi connectivity index (χ0) is 15.6. The quantitative estimate of drug-likeness (QED) is 0.800. The Morgan fingerprint density at radius 3 is 2.29 bits per heavy atom. The molecule has 0 fully saturated rings. The van der Waals surface area contributed by atoms with Gasteiger partial charge < -0.3 is 5.73 Å². The summed E-state index contributed by atoms with van der Waals surface area (Å²) < 4.78 is 28.1. The average molecular weight is 410 g/mol.